The molecule has 2 aromatic heterocycles. The molecule has 1 N–H and O–H groups in total. The van der Waals surface area contributed by atoms with E-state index in [2.05, 4.69) is 20.1 Å². The van der Waals surface area contributed by atoms with Gasteiger partial charge in [0.15, 0.2) is 0 Å². The van der Waals surface area contributed by atoms with Gasteiger partial charge in [0.25, 0.3) is 11.8 Å². The van der Waals surface area contributed by atoms with Gasteiger partial charge in [0, 0.05) is 12.6 Å². The summed E-state index contributed by atoms with van der Waals surface area (Å²) in [5.74, 6) is -0.187. The molecular weight excluding hydrogens is 361 g/mol. The Morgan fingerprint density at radius 3 is 2.74 bits per heavy atom. The molecule has 0 saturated carbocycles. The second-order valence-corrected chi connectivity index (χ2v) is 7.24. The quantitative estimate of drug-likeness (QED) is 0.747. The molecule has 6 nitrogen and oxygen atoms in total. The van der Waals surface area contributed by atoms with Gasteiger partial charge in [-0.3, -0.25) is 0 Å². The van der Waals surface area contributed by atoms with Crippen LogP contribution in [0, 0.1) is 0 Å². The van der Waals surface area contributed by atoms with Crippen molar-refractivity contribution in [1.82, 2.24) is 15.2 Å². The van der Waals surface area contributed by atoms with Crippen LogP contribution in [0.25, 0.3) is 11.6 Å². The fourth-order valence-electron chi connectivity index (χ4n) is 3.94. The van der Waals surface area contributed by atoms with Gasteiger partial charge in [0.05, 0.1) is 0 Å². The van der Waals surface area contributed by atoms with E-state index in [9.17, 15) is 18.3 Å². The van der Waals surface area contributed by atoms with E-state index in [-0.39, 0.29) is 12.3 Å². The molecule has 2 unspecified atom stereocenters. The van der Waals surface area contributed by atoms with Gasteiger partial charge in [-0.2, -0.15) is 13.2 Å². The highest BCUT2D eigenvalue weighted by Gasteiger charge is 2.58. The van der Waals surface area contributed by atoms with Crippen molar-refractivity contribution >= 4 is 5.82 Å². The molecule has 0 radical (unpaired) electrons. The Morgan fingerprint density at radius 2 is 1.93 bits per heavy atom. The molecule has 2 aromatic rings. The van der Waals surface area contributed by atoms with Crippen LogP contribution in [-0.4, -0.2) is 39.1 Å². The van der Waals surface area contributed by atoms with Gasteiger partial charge in [0.2, 0.25) is 5.60 Å². The zero-order valence-corrected chi connectivity index (χ0v) is 14.7. The van der Waals surface area contributed by atoms with Crippen LogP contribution >= 0.6 is 0 Å². The van der Waals surface area contributed by atoms with Crippen LogP contribution in [0.5, 0.6) is 0 Å². The van der Waals surface area contributed by atoms with Gasteiger partial charge in [-0.15, -0.1) is 10.2 Å². The van der Waals surface area contributed by atoms with E-state index in [4.69, 9.17) is 4.42 Å². The average molecular weight is 382 g/mol. The predicted octanol–water partition coefficient (Wildman–Crippen LogP) is 3.81. The molecule has 2 atom stereocenters. The van der Waals surface area contributed by atoms with Crippen LogP contribution in [0.3, 0.4) is 0 Å². The number of hydrogen-bond donors (Lipinski definition) is 1. The largest absolute Gasteiger partial charge is 0.426 e. The molecule has 0 aliphatic carbocycles. The van der Waals surface area contributed by atoms with Gasteiger partial charge in [-0.05, 0) is 44.2 Å². The number of rotatable bonds is 0. The van der Waals surface area contributed by atoms with Gasteiger partial charge < -0.3 is 14.4 Å². The first-order chi connectivity index (χ1) is 12.9. The Bertz CT molecular complexity index is 810. The maximum atomic E-state index is 13.6. The molecule has 4 bridgehead atoms. The van der Waals surface area contributed by atoms with E-state index in [1.165, 1.54) is 0 Å². The Balaban J connectivity index is 1.76. The minimum Gasteiger partial charge on any atom is -0.416 e. The van der Waals surface area contributed by atoms with Crippen molar-refractivity contribution in [3.63, 3.8) is 0 Å². The second-order valence-electron chi connectivity index (χ2n) is 7.24. The number of anilines is 1. The highest BCUT2D eigenvalue weighted by Crippen LogP contribution is 2.43. The average Bonchev–Trinajstić information content (AvgIpc) is 3.29. The summed E-state index contributed by atoms with van der Waals surface area (Å²) >= 11 is 0. The van der Waals surface area contributed by atoms with E-state index in [1.807, 2.05) is 6.07 Å². The number of hydrogen-bond acceptors (Lipinski definition) is 6. The number of aliphatic hydroxyl groups is 1. The normalized spacial score (nSPS) is 26.5. The Hall–Kier alpha value is -2.16. The molecule has 27 heavy (non-hydrogen) atoms. The first-order valence-electron chi connectivity index (χ1n) is 9.26. The summed E-state index contributed by atoms with van der Waals surface area (Å²) in [6.45, 7) is 0.907. The molecule has 2 aliphatic heterocycles. The van der Waals surface area contributed by atoms with E-state index in [0.29, 0.717) is 18.2 Å². The van der Waals surface area contributed by atoms with Crippen molar-refractivity contribution in [2.75, 3.05) is 11.4 Å². The number of alkyl halides is 3. The van der Waals surface area contributed by atoms with Gasteiger partial charge in [-0.25, -0.2) is 4.98 Å². The Morgan fingerprint density at radius 1 is 1.11 bits per heavy atom. The molecular formula is C18H21F3N4O2. The van der Waals surface area contributed by atoms with Crippen LogP contribution in [0.4, 0.5) is 19.0 Å². The van der Waals surface area contributed by atoms with E-state index >= 15 is 0 Å². The summed E-state index contributed by atoms with van der Waals surface area (Å²) in [4.78, 5) is 6.77. The van der Waals surface area contributed by atoms with Crippen molar-refractivity contribution in [3.05, 3.63) is 24.1 Å². The number of fused-ring (bicyclic) bond motifs is 7. The second kappa shape index (κ2) is 6.78. The fourth-order valence-corrected chi connectivity index (χ4v) is 3.94. The maximum Gasteiger partial charge on any atom is 0.426 e. The molecule has 0 spiro atoms. The minimum atomic E-state index is -4.90. The number of halogens is 3. The maximum absolute atomic E-state index is 13.6. The van der Waals surface area contributed by atoms with Gasteiger partial charge in [0.1, 0.15) is 11.5 Å². The summed E-state index contributed by atoms with van der Waals surface area (Å²) in [7, 11) is 0. The van der Waals surface area contributed by atoms with Crippen LogP contribution in [-0.2, 0) is 5.60 Å². The molecule has 2 aliphatic rings. The van der Waals surface area contributed by atoms with Crippen molar-refractivity contribution in [2.45, 2.75) is 62.8 Å². The van der Waals surface area contributed by atoms with Gasteiger partial charge in [-0.1, -0.05) is 18.9 Å². The molecule has 0 amide bonds. The lowest BCUT2D eigenvalue weighted by molar-refractivity contribution is -0.277. The third-order valence-corrected chi connectivity index (χ3v) is 5.45. The standard InChI is InChI=1S/C18H21F3N4O2/c19-18(20,21)17(26)10-3-1-2-6-12-7-5-11-25(12)14-9-4-8-13(22-14)15-23-24-16(17)27-15/h4,8-9,12,26H,1-3,5-7,10-11H2. The molecule has 1 fully saturated rings. The smallest absolute Gasteiger partial charge is 0.416 e. The van der Waals surface area contributed by atoms with Gasteiger partial charge >= 0.3 is 6.18 Å². The zero-order chi connectivity index (χ0) is 19.1. The number of aromatic nitrogens is 3. The SMILES string of the molecule is OC1(C(F)(F)F)CCCCCC2CCCN2c2cccc(n2)-c2nnc1o2. The summed E-state index contributed by atoms with van der Waals surface area (Å²) in [6.07, 6.45) is -0.774. The number of nitrogens with zero attached hydrogens (tertiary/aromatic N) is 4. The third-order valence-electron chi connectivity index (χ3n) is 5.45. The van der Waals surface area contributed by atoms with Crippen LogP contribution in [0.1, 0.15) is 50.8 Å². The highest BCUT2D eigenvalue weighted by atomic mass is 19.4. The molecule has 0 aromatic carbocycles. The lowest BCUT2D eigenvalue weighted by Gasteiger charge is -2.28. The molecule has 4 heterocycles. The van der Waals surface area contributed by atoms with Crippen molar-refractivity contribution < 1.29 is 22.7 Å². The third kappa shape index (κ3) is 3.28. The topological polar surface area (TPSA) is 75.3 Å². The molecule has 146 valence electrons. The predicted molar refractivity (Wildman–Crippen MR) is 90.9 cm³/mol. The molecule has 9 heteroatoms. The molecule has 1 saturated heterocycles. The van der Waals surface area contributed by atoms with E-state index < -0.39 is 24.1 Å². The summed E-state index contributed by atoms with van der Waals surface area (Å²) in [5, 5.41) is 17.6. The van der Waals surface area contributed by atoms with Crippen molar-refractivity contribution in [1.29, 1.82) is 0 Å². The van der Waals surface area contributed by atoms with Crippen LogP contribution < -0.4 is 4.90 Å². The summed E-state index contributed by atoms with van der Waals surface area (Å²) in [6, 6.07) is 5.61. The van der Waals surface area contributed by atoms with Crippen molar-refractivity contribution in [2.24, 2.45) is 0 Å². The minimum absolute atomic E-state index is 0.123. The molecule has 4 rings (SSSR count). The number of pyridine rings is 1. The highest BCUT2D eigenvalue weighted by molar-refractivity contribution is 5.53. The Labute approximate surface area is 154 Å². The van der Waals surface area contributed by atoms with Crippen LogP contribution in [0.15, 0.2) is 22.6 Å². The Kier molecular flexibility index (Phi) is 4.57. The van der Waals surface area contributed by atoms with Crippen LogP contribution in [0.2, 0.25) is 0 Å². The monoisotopic (exact) mass is 382 g/mol. The fraction of sp³-hybridized carbons (Fsp3) is 0.611. The summed E-state index contributed by atoms with van der Waals surface area (Å²) < 4.78 is 45.9. The first-order valence-corrected chi connectivity index (χ1v) is 9.26. The first kappa shape index (κ1) is 18.2. The van der Waals surface area contributed by atoms with E-state index in [0.717, 1.165) is 38.0 Å². The van der Waals surface area contributed by atoms with E-state index in [1.54, 1.807) is 12.1 Å². The lowest BCUT2D eigenvalue weighted by Crippen LogP contribution is -2.42. The zero-order valence-electron chi connectivity index (χ0n) is 14.7. The lowest BCUT2D eigenvalue weighted by atomic mass is 9.94. The summed E-state index contributed by atoms with van der Waals surface area (Å²) in [5.41, 5.74) is -2.84. The van der Waals surface area contributed by atoms with Crippen molar-refractivity contribution in [3.8, 4) is 11.6 Å².